The monoisotopic (exact) mass is 162 g/mol. The average molecular weight is 163 g/mol. The fourth-order valence-electron chi connectivity index (χ4n) is 0.272. The maximum atomic E-state index is 10.4. The van der Waals surface area contributed by atoms with Crippen LogP contribution in [0, 0.1) is 0 Å². The summed E-state index contributed by atoms with van der Waals surface area (Å²) in [7, 11) is 0. The van der Waals surface area contributed by atoms with Gasteiger partial charge in [-0.05, 0) is 18.5 Å². The molecule has 0 amide bonds. The maximum Gasteiger partial charge on any atom is 0.292 e. The summed E-state index contributed by atoms with van der Waals surface area (Å²) in [6.45, 7) is 2.22. The van der Waals surface area contributed by atoms with Crippen LogP contribution in [0.5, 0.6) is 0 Å². The van der Waals surface area contributed by atoms with Crippen molar-refractivity contribution in [2.24, 2.45) is 0 Å². The van der Waals surface area contributed by atoms with Gasteiger partial charge in [0.15, 0.2) is 0 Å². The number of allylic oxidation sites excluding steroid dienone is 1. The largest absolute Gasteiger partial charge is 0.501 e. The summed E-state index contributed by atoms with van der Waals surface area (Å²) in [6.07, 6.45) is 2.13. The van der Waals surface area contributed by atoms with Crippen molar-refractivity contribution < 1.29 is 14.3 Å². The van der Waals surface area contributed by atoms with Crippen LogP contribution in [0.4, 0.5) is 0 Å². The van der Waals surface area contributed by atoms with Gasteiger partial charge in [0.25, 0.3) is 5.24 Å². The molecule has 0 heterocycles. The molecule has 4 heteroatoms. The molecule has 0 atom stereocenters. The molecule has 0 saturated carbocycles. The van der Waals surface area contributed by atoms with Gasteiger partial charge in [-0.15, -0.1) is 0 Å². The normalized spacial score (nSPS) is 9.80. The predicted octanol–water partition coefficient (Wildman–Crippen LogP) is 0.871. The predicted molar refractivity (Wildman–Crippen MR) is 36.6 cm³/mol. The summed E-state index contributed by atoms with van der Waals surface area (Å²) >= 11 is 4.81. The molecule has 0 bridgehead atoms. The third kappa shape index (κ3) is 4.09. The van der Waals surface area contributed by atoms with Gasteiger partial charge in [0.1, 0.15) is 0 Å². The fraction of sp³-hybridized carbons (Fsp3) is 0.333. The van der Waals surface area contributed by atoms with E-state index in [9.17, 15) is 9.59 Å². The van der Waals surface area contributed by atoms with E-state index in [4.69, 9.17) is 11.6 Å². The van der Waals surface area contributed by atoms with Gasteiger partial charge in [-0.25, -0.2) is 0 Å². The molecule has 3 nitrogen and oxygen atoms in total. The van der Waals surface area contributed by atoms with Gasteiger partial charge < -0.3 is 4.74 Å². The summed E-state index contributed by atoms with van der Waals surface area (Å²) in [4.78, 5) is 20.4. The van der Waals surface area contributed by atoms with Crippen LogP contribution < -0.4 is 0 Å². The van der Waals surface area contributed by atoms with Crippen molar-refractivity contribution in [3.8, 4) is 0 Å². The molecule has 0 spiro atoms. The smallest absolute Gasteiger partial charge is 0.292 e. The van der Waals surface area contributed by atoms with Gasteiger partial charge in [-0.1, -0.05) is 0 Å². The quantitative estimate of drug-likeness (QED) is 0.267. The molecule has 56 valence electrons. The fourth-order valence-corrected chi connectivity index (χ4v) is 0.335. The van der Waals surface area contributed by atoms with Gasteiger partial charge in [0, 0.05) is 6.08 Å². The topological polar surface area (TPSA) is 43.4 Å². The number of rotatable bonds is 4. The summed E-state index contributed by atoms with van der Waals surface area (Å²) in [5, 5.41) is -1.00. The summed E-state index contributed by atoms with van der Waals surface area (Å²) in [5.41, 5.74) is 0. The first-order valence-electron chi connectivity index (χ1n) is 2.70. The maximum absolute atomic E-state index is 10.4. The lowest BCUT2D eigenvalue weighted by Crippen LogP contribution is -2.01. The van der Waals surface area contributed by atoms with Crippen LogP contribution in [-0.4, -0.2) is 17.6 Å². The van der Waals surface area contributed by atoms with E-state index in [0.717, 1.165) is 12.3 Å². The number of hydrogen-bond donors (Lipinski definition) is 0. The first-order chi connectivity index (χ1) is 4.68. The van der Waals surface area contributed by atoms with E-state index in [-0.39, 0.29) is 0 Å². The van der Waals surface area contributed by atoms with Crippen LogP contribution in [0.1, 0.15) is 6.92 Å². The van der Waals surface area contributed by atoms with Crippen LogP contribution in [0.25, 0.3) is 0 Å². The van der Waals surface area contributed by atoms with Crippen molar-refractivity contribution in [1.29, 1.82) is 0 Å². The molecule has 0 aliphatic heterocycles. The first-order valence-corrected chi connectivity index (χ1v) is 3.08. The van der Waals surface area contributed by atoms with Crippen LogP contribution >= 0.6 is 11.6 Å². The van der Waals surface area contributed by atoms with E-state index < -0.39 is 11.0 Å². The van der Waals surface area contributed by atoms with E-state index in [2.05, 4.69) is 4.74 Å². The highest BCUT2D eigenvalue weighted by atomic mass is 35.5. The zero-order valence-electron chi connectivity index (χ0n) is 5.46. The molecule has 0 aromatic heterocycles. The van der Waals surface area contributed by atoms with Crippen LogP contribution in [0.3, 0.4) is 0 Å². The van der Waals surface area contributed by atoms with Crippen molar-refractivity contribution in [3.05, 3.63) is 12.3 Å². The highest BCUT2D eigenvalue weighted by Gasteiger charge is 2.03. The Balaban J connectivity index is 3.67. The highest BCUT2D eigenvalue weighted by molar-refractivity contribution is 6.82. The molecule has 0 N–H and O–H groups in total. The third-order valence-electron chi connectivity index (χ3n) is 0.676. The molecule has 0 aliphatic carbocycles. The van der Waals surface area contributed by atoms with Crippen molar-refractivity contribution >= 4 is 22.6 Å². The Hall–Kier alpha value is -0.830. The van der Waals surface area contributed by atoms with E-state index in [1.54, 1.807) is 6.92 Å². The lowest BCUT2D eigenvalue weighted by molar-refractivity contribution is -0.129. The van der Waals surface area contributed by atoms with Crippen LogP contribution in [0.2, 0.25) is 0 Å². The number of carbonyl (C=O) groups excluding carboxylic acids is 2. The van der Waals surface area contributed by atoms with E-state index in [1.807, 2.05) is 0 Å². The molecule has 0 rings (SSSR count). The lowest BCUT2D eigenvalue weighted by Gasteiger charge is -1.89. The highest BCUT2D eigenvalue weighted by Crippen LogP contribution is 1.85. The van der Waals surface area contributed by atoms with Gasteiger partial charge in [-0.3, -0.25) is 9.59 Å². The Morgan fingerprint density at radius 2 is 2.20 bits per heavy atom. The molecule has 0 unspecified atom stereocenters. The van der Waals surface area contributed by atoms with Gasteiger partial charge in [0.05, 0.1) is 12.9 Å². The third-order valence-corrected chi connectivity index (χ3v) is 0.862. The number of carbonyl (C=O) groups is 2. The Morgan fingerprint density at radius 3 is 2.60 bits per heavy atom. The Labute approximate surface area is 63.6 Å². The SMILES string of the molecule is CCO/C=C/C(=O)C(=O)Cl. The van der Waals surface area contributed by atoms with Crippen LogP contribution in [-0.2, 0) is 14.3 Å². The minimum atomic E-state index is -1.00. The van der Waals surface area contributed by atoms with Crippen molar-refractivity contribution in [2.45, 2.75) is 6.92 Å². The standard InChI is InChI=1S/C6H7ClO3/c1-2-10-4-3-5(8)6(7)9/h3-4H,2H2,1H3/b4-3+. The van der Waals surface area contributed by atoms with E-state index in [1.165, 1.54) is 0 Å². The van der Waals surface area contributed by atoms with E-state index in [0.29, 0.717) is 6.61 Å². The first kappa shape index (κ1) is 9.17. The van der Waals surface area contributed by atoms with Crippen molar-refractivity contribution in [3.63, 3.8) is 0 Å². The second kappa shape index (κ2) is 4.99. The minimum absolute atomic E-state index is 0.459. The number of ether oxygens (including phenoxy) is 1. The zero-order valence-corrected chi connectivity index (χ0v) is 6.22. The average Bonchev–Trinajstić information content (AvgIpc) is 1.88. The molecule has 0 aliphatic rings. The summed E-state index contributed by atoms with van der Waals surface area (Å²) in [6, 6.07) is 0. The molecule has 0 aromatic carbocycles. The molecular formula is C6H7ClO3. The van der Waals surface area contributed by atoms with Crippen LogP contribution in [0.15, 0.2) is 12.3 Å². The molecular weight excluding hydrogens is 156 g/mol. The molecule has 0 radical (unpaired) electrons. The van der Waals surface area contributed by atoms with Gasteiger partial charge in [-0.2, -0.15) is 0 Å². The number of hydrogen-bond acceptors (Lipinski definition) is 3. The Kier molecular flexibility index (Phi) is 4.58. The molecule has 10 heavy (non-hydrogen) atoms. The van der Waals surface area contributed by atoms with Gasteiger partial charge in [0.2, 0.25) is 5.78 Å². The Bertz CT molecular complexity index is 162. The lowest BCUT2D eigenvalue weighted by atomic mass is 10.4. The second-order valence-electron chi connectivity index (χ2n) is 1.40. The minimum Gasteiger partial charge on any atom is -0.501 e. The van der Waals surface area contributed by atoms with Crippen molar-refractivity contribution in [2.75, 3.05) is 6.61 Å². The molecule has 0 aromatic rings. The zero-order chi connectivity index (χ0) is 7.98. The van der Waals surface area contributed by atoms with Gasteiger partial charge >= 0.3 is 0 Å². The number of halogens is 1. The number of ketones is 1. The van der Waals surface area contributed by atoms with Crippen molar-refractivity contribution in [1.82, 2.24) is 0 Å². The Morgan fingerprint density at radius 1 is 1.60 bits per heavy atom. The van der Waals surface area contributed by atoms with E-state index >= 15 is 0 Å². The second-order valence-corrected chi connectivity index (χ2v) is 1.74. The molecule has 0 fully saturated rings. The summed E-state index contributed by atoms with van der Waals surface area (Å²) < 4.78 is 4.64. The molecule has 0 saturated heterocycles. The summed E-state index contributed by atoms with van der Waals surface area (Å²) in [5.74, 6) is -0.768.